The Kier molecular flexibility index (Phi) is 5.36. The van der Waals surface area contributed by atoms with Crippen LogP contribution in [0.1, 0.15) is 11.3 Å². The number of methoxy groups -OCH3 is 1. The normalized spacial score (nSPS) is 9.58. The summed E-state index contributed by atoms with van der Waals surface area (Å²) in [7, 11) is 1.47. The summed E-state index contributed by atoms with van der Waals surface area (Å²) in [6, 6.07) is 2.98. The van der Waals surface area contributed by atoms with Gasteiger partial charge in [-0.2, -0.15) is 0 Å². The molecule has 0 saturated carbocycles. The molecule has 0 aromatic carbocycles. The fourth-order valence-corrected chi connectivity index (χ4v) is 1.51. The molecule has 8 heteroatoms. The number of aromatic nitrogens is 3. The van der Waals surface area contributed by atoms with Gasteiger partial charge < -0.3 is 10.5 Å². The monoisotopic (exact) mass is 368 g/mol. The van der Waals surface area contributed by atoms with Crippen LogP contribution in [0, 0.1) is 5.41 Å². The maximum Gasteiger partial charge on any atom is 0.213 e. The van der Waals surface area contributed by atoms with E-state index in [4.69, 9.17) is 27.5 Å². The van der Waals surface area contributed by atoms with E-state index in [1.165, 1.54) is 31.8 Å². The molecule has 0 aliphatic carbocycles. The Bertz CT molecular complexity index is 607. The number of nitrogens with one attached hydrogen (secondary N) is 2. The van der Waals surface area contributed by atoms with Gasteiger partial charge in [0, 0.05) is 38.8 Å². The number of nitrogens with zero attached hydrogens (tertiary/aromatic N) is 3. The van der Waals surface area contributed by atoms with Crippen LogP contribution in [0.2, 0.25) is 5.15 Å². The van der Waals surface area contributed by atoms with Crippen LogP contribution in [0.25, 0.3) is 5.73 Å². The number of pyridine rings is 1. The number of hydrogen-bond acceptors (Lipinski definition) is 5. The van der Waals surface area contributed by atoms with Crippen LogP contribution in [0.3, 0.4) is 0 Å². The Labute approximate surface area is 128 Å². The summed E-state index contributed by atoms with van der Waals surface area (Å²) >= 11 is 5.74. The molecule has 0 unspecified atom stereocenters. The zero-order valence-corrected chi connectivity index (χ0v) is 12.1. The van der Waals surface area contributed by atoms with Crippen LogP contribution in [-0.2, 0) is 20.4 Å². The molecule has 0 amide bonds. The van der Waals surface area contributed by atoms with E-state index >= 15 is 0 Å². The van der Waals surface area contributed by atoms with E-state index in [0.29, 0.717) is 17.1 Å². The minimum Gasteiger partial charge on any atom is -0.697 e. The van der Waals surface area contributed by atoms with Crippen molar-refractivity contribution in [3.63, 3.8) is 0 Å². The van der Waals surface area contributed by atoms with E-state index in [0.717, 1.165) is 0 Å². The SMILES string of the molecule is COc1cc(C(=N)c2cc(Cl)ncn2)c([NH-])cn1.[Pd]. The van der Waals surface area contributed by atoms with Crippen molar-refractivity contribution >= 4 is 23.0 Å². The third-order valence-corrected chi connectivity index (χ3v) is 2.45. The molecule has 0 radical (unpaired) electrons. The molecule has 0 spiro atoms. The van der Waals surface area contributed by atoms with Crippen LogP contribution in [0.15, 0.2) is 24.7 Å². The van der Waals surface area contributed by atoms with Crippen LogP contribution in [-0.4, -0.2) is 27.8 Å². The van der Waals surface area contributed by atoms with Crippen molar-refractivity contribution in [1.82, 2.24) is 15.0 Å². The quantitative estimate of drug-likeness (QED) is 0.511. The predicted octanol–water partition coefficient (Wildman–Crippen LogP) is 2.63. The maximum atomic E-state index is 8.03. The minimum absolute atomic E-state index is 0. The van der Waals surface area contributed by atoms with Crippen molar-refractivity contribution in [2.75, 3.05) is 7.11 Å². The number of hydrogen-bond donors (Lipinski definition) is 1. The van der Waals surface area contributed by atoms with Crippen molar-refractivity contribution in [3.05, 3.63) is 46.8 Å². The first-order chi connectivity index (χ1) is 8.61. The molecule has 19 heavy (non-hydrogen) atoms. The van der Waals surface area contributed by atoms with Gasteiger partial charge in [-0.3, -0.25) is 5.41 Å². The molecule has 0 aliphatic heterocycles. The molecule has 0 bridgehead atoms. The maximum absolute atomic E-state index is 8.03. The first-order valence-electron chi connectivity index (χ1n) is 4.94. The molecule has 2 heterocycles. The topological polar surface area (TPSA) is 95.5 Å². The van der Waals surface area contributed by atoms with Crippen LogP contribution >= 0.6 is 11.6 Å². The standard InChI is InChI=1S/C11H9ClN5O.Pd/c1-18-10-2-6(7(13)4-15-10)11(14)8-3-9(12)17-5-16-8;/h2-5,13-14H,1H3;/q-1;. The van der Waals surface area contributed by atoms with Crippen molar-refractivity contribution in [3.8, 4) is 5.88 Å². The smallest absolute Gasteiger partial charge is 0.213 e. The molecular weight excluding hydrogens is 360 g/mol. The second-order valence-corrected chi connectivity index (χ2v) is 3.76. The number of halogens is 1. The van der Waals surface area contributed by atoms with E-state index in [9.17, 15) is 0 Å². The molecule has 2 rings (SSSR count). The van der Waals surface area contributed by atoms with Gasteiger partial charge in [0.2, 0.25) is 5.88 Å². The Morgan fingerprint density at radius 1 is 1.32 bits per heavy atom. The summed E-state index contributed by atoms with van der Waals surface area (Å²) in [5, 5.41) is 8.28. The molecule has 0 saturated heterocycles. The van der Waals surface area contributed by atoms with Crippen LogP contribution < -0.4 is 4.74 Å². The Morgan fingerprint density at radius 3 is 2.68 bits per heavy atom. The van der Waals surface area contributed by atoms with Gasteiger partial charge >= 0.3 is 0 Å². The molecule has 0 atom stereocenters. The third-order valence-electron chi connectivity index (χ3n) is 2.25. The summed E-state index contributed by atoms with van der Waals surface area (Å²) in [6.45, 7) is 0. The molecule has 0 aliphatic rings. The minimum atomic E-state index is 0. The first-order valence-corrected chi connectivity index (χ1v) is 5.32. The van der Waals surface area contributed by atoms with Gasteiger partial charge in [-0.05, 0) is 5.56 Å². The Balaban J connectivity index is 0.00000180. The Morgan fingerprint density at radius 2 is 2.05 bits per heavy atom. The van der Waals surface area contributed by atoms with E-state index < -0.39 is 0 Å². The van der Waals surface area contributed by atoms with Crippen molar-refractivity contribution < 1.29 is 25.2 Å². The van der Waals surface area contributed by atoms with Crippen molar-refractivity contribution in [2.45, 2.75) is 0 Å². The van der Waals surface area contributed by atoms with Gasteiger partial charge in [0.1, 0.15) is 11.5 Å². The van der Waals surface area contributed by atoms with Gasteiger partial charge in [-0.1, -0.05) is 11.6 Å². The second kappa shape index (κ2) is 6.57. The number of ether oxygens (including phenoxy) is 1. The fraction of sp³-hybridized carbons (Fsp3) is 0.0909. The predicted molar refractivity (Wildman–Crippen MR) is 67.7 cm³/mol. The average molecular weight is 369 g/mol. The van der Waals surface area contributed by atoms with Gasteiger partial charge in [-0.15, -0.1) is 5.69 Å². The molecule has 2 aromatic heterocycles. The molecule has 0 fully saturated rings. The zero-order valence-electron chi connectivity index (χ0n) is 9.75. The second-order valence-electron chi connectivity index (χ2n) is 3.37. The fourth-order valence-electron chi connectivity index (χ4n) is 1.36. The summed E-state index contributed by atoms with van der Waals surface area (Å²) in [5.74, 6) is 0.339. The molecule has 2 aromatic rings. The average Bonchev–Trinajstić information content (AvgIpc) is 2.38. The van der Waals surface area contributed by atoms with Gasteiger partial charge in [0.25, 0.3) is 0 Å². The molecule has 102 valence electrons. The van der Waals surface area contributed by atoms with Gasteiger partial charge in [-0.25, -0.2) is 15.0 Å². The zero-order chi connectivity index (χ0) is 13.1. The van der Waals surface area contributed by atoms with E-state index in [1.54, 1.807) is 0 Å². The van der Waals surface area contributed by atoms with Crippen LogP contribution in [0.5, 0.6) is 5.88 Å². The summed E-state index contributed by atoms with van der Waals surface area (Å²) < 4.78 is 4.97. The van der Waals surface area contributed by atoms with Crippen LogP contribution in [0.4, 0.5) is 5.69 Å². The Hall–Kier alpha value is -1.55. The third kappa shape index (κ3) is 3.47. The molecule has 2 N–H and O–H groups in total. The van der Waals surface area contributed by atoms with E-state index in [1.807, 2.05) is 0 Å². The summed E-state index contributed by atoms with van der Waals surface area (Å²) in [5.41, 5.74) is 8.65. The largest absolute Gasteiger partial charge is 0.697 e. The van der Waals surface area contributed by atoms with Crippen molar-refractivity contribution in [2.24, 2.45) is 0 Å². The van der Waals surface area contributed by atoms with E-state index in [2.05, 4.69) is 15.0 Å². The van der Waals surface area contributed by atoms with Crippen molar-refractivity contribution in [1.29, 1.82) is 5.41 Å². The summed E-state index contributed by atoms with van der Waals surface area (Å²) in [4.78, 5) is 11.6. The van der Waals surface area contributed by atoms with Gasteiger partial charge in [0.15, 0.2) is 0 Å². The first kappa shape index (κ1) is 15.5. The van der Waals surface area contributed by atoms with Gasteiger partial charge in [0.05, 0.1) is 18.5 Å². The molecular formula is C11H9ClN5OPd-. The summed E-state index contributed by atoms with van der Waals surface area (Å²) in [6.07, 6.45) is 2.60. The van der Waals surface area contributed by atoms with E-state index in [-0.39, 0.29) is 37.0 Å². The number of rotatable bonds is 3. The molecule has 6 nitrogen and oxygen atoms in total.